The Balaban J connectivity index is 2.30. The van der Waals surface area contributed by atoms with Gasteiger partial charge in [-0.25, -0.2) is 9.97 Å². The lowest BCUT2D eigenvalue weighted by atomic mass is 9.99. The average Bonchev–Trinajstić information content (AvgIpc) is 2.86. The van der Waals surface area contributed by atoms with E-state index < -0.39 is 0 Å². The minimum atomic E-state index is -0.133. The summed E-state index contributed by atoms with van der Waals surface area (Å²) < 4.78 is 5.83. The Bertz CT molecular complexity index is 683. The molecule has 22 heavy (non-hydrogen) atoms. The zero-order valence-corrected chi connectivity index (χ0v) is 13.4. The predicted octanol–water partition coefficient (Wildman–Crippen LogP) is 2.53. The second-order valence-electron chi connectivity index (χ2n) is 6.22. The first kappa shape index (κ1) is 16.0. The van der Waals surface area contributed by atoms with Gasteiger partial charge in [-0.2, -0.15) is 0 Å². The highest BCUT2D eigenvalue weighted by molar-refractivity contribution is 5.96. The van der Waals surface area contributed by atoms with Crippen LogP contribution >= 0.6 is 0 Å². The van der Waals surface area contributed by atoms with Crippen LogP contribution in [0.2, 0.25) is 0 Å². The van der Waals surface area contributed by atoms with Crippen LogP contribution in [0.1, 0.15) is 33.3 Å². The highest BCUT2D eigenvalue weighted by atomic mass is 16.5. The van der Waals surface area contributed by atoms with E-state index in [1.165, 1.54) is 12.4 Å². The van der Waals surface area contributed by atoms with E-state index >= 15 is 0 Å². The molecule has 6 nitrogen and oxygen atoms in total. The maximum Gasteiger partial charge on any atom is 0.243 e. The minimum absolute atomic E-state index is 0.0323. The number of amides is 1. The van der Waals surface area contributed by atoms with Crippen LogP contribution in [0.15, 0.2) is 18.6 Å². The molecule has 0 saturated heterocycles. The third kappa shape index (κ3) is 4.07. The lowest BCUT2D eigenvalue weighted by Gasteiger charge is -2.18. The van der Waals surface area contributed by atoms with Crippen LogP contribution in [-0.2, 0) is 4.79 Å². The lowest BCUT2D eigenvalue weighted by molar-refractivity contribution is -0.116. The van der Waals surface area contributed by atoms with E-state index in [4.69, 9.17) is 4.74 Å². The van der Waals surface area contributed by atoms with Gasteiger partial charge in [-0.3, -0.25) is 4.79 Å². The number of hydrogen-bond acceptors (Lipinski definition) is 4. The number of ether oxygens (including phenoxy) is 1. The summed E-state index contributed by atoms with van der Waals surface area (Å²) in [4.78, 5) is 23.0. The zero-order valence-electron chi connectivity index (χ0n) is 13.4. The van der Waals surface area contributed by atoms with Crippen molar-refractivity contribution in [3.8, 4) is 5.88 Å². The van der Waals surface area contributed by atoms with Gasteiger partial charge in [-0.1, -0.05) is 20.8 Å². The number of aromatic nitrogens is 3. The number of nitrogens with zero attached hydrogens (tertiary/aromatic N) is 2. The van der Waals surface area contributed by atoms with Crippen molar-refractivity contribution < 1.29 is 9.53 Å². The number of nitrogens with one attached hydrogen (secondary N) is 2. The van der Waals surface area contributed by atoms with Crippen molar-refractivity contribution in [1.29, 1.82) is 0 Å². The van der Waals surface area contributed by atoms with Crippen molar-refractivity contribution in [2.75, 3.05) is 13.2 Å². The number of hydrogen-bond donors (Lipinski definition) is 2. The molecule has 6 heteroatoms. The van der Waals surface area contributed by atoms with E-state index in [-0.39, 0.29) is 11.3 Å². The van der Waals surface area contributed by atoms with Crippen molar-refractivity contribution in [2.45, 2.75) is 27.7 Å². The second-order valence-corrected chi connectivity index (χ2v) is 6.22. The second kappa shape index (κ2) is 6.60. The summed E-state index contributed by atoms with van der Waals surface area (Å²) in [7, 11) is 0. The molecule has 2 heterocycles. The highest BCUT2D eigenvalue weighted by Gasteiger charge is 2.15. The molecule has 0 bridgehead atoms. The van der Waals surface area contributed by atoms with Crippen LogP contribution in [0.3, 0.4) is 0 Å². The predicted molar refractivity (Wildman–Crippen MR) is 86.6 cm³/mol. The molecule has 0 aliphatic rings. The Morgan fingerprint density at radius 2 is 2.18 bits per heavy atom. The third-order valence-corrected chi connectivity index (χ3v) is 2.87. The van der Waals surface area contributed by atoms with E-state index in [1.54, 1.807) is 12.3 Å². The SMILES string of the molecule is CCNC(=O)C=Cc1c[nH]c2ncnc(OCC(C)(C)C)c12. The smallest absolute Gasteiger partial charge is 0.243 e. The Morgan fingerprint density at radius 1 is 1.41 bits per heavy atom. The van der Waals surface area contributed by atoms with Gasteiger partial charge in [0.25, 0.3) is 0 Å². The van der Waals surface area contributed by atoms with Gasteiger partial charge < -0.3 is 15.0 Å². The number of carbonyl (C=O) groups is 1. The summed E-state index contributed by atoms with van der Waals surface area (Å²) in [5.41, 5.74) is 1.55. The van der Waals surface area contributed by atoms with E-state index in [9.17, 15) is 4.79 Å². The molecule has 0 aromatic carbocycles. The fourth-order valence-electron chi connectivity index (χ4n) is 1.88. The number of rotatable bonds is 5. The van der Waals surface area contributed by atoms with Gasteiger partial charge in [0.15, 0.2) is 0 Å². The van der Waals surface area contributed by atoms with Gasteiger partial charge in [-0.15, -0.1) is 0 Å². The molecule has 2 aromatic heterocycles. The highest BCUT2D eigenvalue weighted by Crippen LogP contribution is 2.27. The number of likely N-dealkylation sites (N-methyl/N-ethyl adjacent to an activating group) is 1. The molecule has 0 fully saturated rings. The Labute approximate surface area is 130 Å². The first-order chi connectivity index (χ1) is 10.4. The van der Waals surface area contributed by atoms with Crippen LogP contribution in [0.5, 0.6) is 5.88 Å². The molecule has 1 amide bonds. The molecule has 0 aliphatic heterocycles. The van der Waals surface area contributed by atoms with E-state index in [2.05, 4.69) is 41.0 Å². The number of aromatic amines is 1. The molecule has 2 rings (SSSR count). The Morgan fingerprint density at radius 3 is 2.86 bits per heavy atom. The van der Waals surface area contributed by atoms with Crippen LogP contribution in [0, 0.1) is 5.41 Å². The Kier molecular flexibility index (Phi) is 4.80. The molecular formula is C16H22N4O2. The summed E-state index contributed by atoms with van der Waals surface area (Å²) in [6, 6.07) is 0. The van der Waals surface area contributed by atoms with Gasteiger partial charge in [0.2, 0.25) is 11.8 Å². The van der Waals surface area contributed by atoms with Crippen LogP contribution in [-0.4, -0.2) is 34.0 Å². The van der Waals surface area contributed by atoms with Crippen LogP contribution in [0.4, 0.5) is 0 Å². The summed E-state index contributed by atoms with van der Waals surface area (Å²) in [6.07, 6.45) is 6.48. The summed E-state index contributed by atoms with van der Waals surface area (Å²) in [6.45, 7) is 9.31. The maximum absolute atomic E-state index is 11.5. The first-order valence-corrected chi connectivity index (χ1v) is 7.31. The van der Waals surface area contributed by atoms with Gasteiger partial charge in [0.1, 0.15) is 12.0 Å². The molecule has 2 N–H and O–H groups in total. The van der Waals surface area contributed by atoms with Gasteiger partial charge >= 0.3 is 0 Å². The van der Waals surface area contributed by atoms with E-state index in [0.29, 0.717) is 24.7 Å². The summed E-state index contributed by atoms with van der Waals surface area (Å²) in [5.74, 6) is 0.391. The molecular weight excluding hydrogens is 280 g/mol. The lowest BCUT2D eigenvalue weighted by Crippen LogP contribution is -2.19. The van der Waals surface area contributed by atoms with E-state index in [1.807, 2.05) is 6.92 Å². The minimum Gasteiger partial charge on any atom is -0.477 e. The molecule has 2 aromatic rings. The molecule has 118 valence electrons. The molecule has 0 spiro atoms. The first-order valence-electron chi connectivity index (χ1n) is 7.31. The molecule has 0 aliphatic carbocycles. The van der Waals surface area contributed by atoms with Crippen molar-refractivity contribution in [3.05, 3.63) is 24.2 Å². The average molecular weight is 302 g/mol. The quantitative estimate of drug-likeness (QED) is 0.832. The van der Waals surface area contributed by atoms with Crippen molar-refractivity contribution in [2.24, 2.45) is 5.41 Å². The largest absolute Gasteiger partial charge is 0.477 e. The number of H-pyrrole nitrogens is 1. The third-order valence-electron chi connectivity index (χ3n) is 2.87. The summed E-state index contributed by atoms with van der Waals surface area (Å²) in [5, 5.41) is 3.50. The molecule has 0 radical (unpaired) electrons. The van der Waals surface area contributed by atoms with Crippen molar-refractivity contribution in [3.63, 3.8) is 0 Å². The van der Waals surface area contributed by atoms with Crippen molar-refractivity contribution in [1.82, 2.24) is 20.3 Å². The molecule has 0 unspecified atom stereocenters. The maximum atomic E-state index is 11.5. The fourth-order valence-corrected chi connectivity index (χ4v) is 1.88. The number of fused-ring (bicyclic) bond motifs is 1. The summed E-state index contributed by atoms with van der Waals surface area (Å²) >= 11 is 0. The fraction of sp³-hybridized carbons (Fsp3) is 0.438. The van der Waals surface area contributed by atoms with Crippen LogP contribution < -0.4 is 10.1 Å². The van der Waals surface area contributed by atoms with E-state index in [0.717, 1.165) is 10.9 Å². The van der Waals surface area contributed by atoms with Crippen LogP contribution in [0.25, 0.3) is 17.1 Å². The molecule has 0 atom stereocenters. The zero-order chi connectivity index (χ0) is 16.2. The Hall–Kier alpha value is -2.37. The van der Waals surface area contributed by atoms with Gasteiger partial charge in [-0.05, 0) is 18.4 Å². The standard InChI is InChI=1S/C16H22N4O2/c1-5-17-12(21)7-6-11-8-18-14-13(11)15(20-10-19-14)22-9-16(2,3)4/h6-8,10H,5,9H2,1-4H3,(H,17,21)(H,18,19,20). The van der Waals surface area contributed by atoms with Gasteiger partial charge in [0.05, 0.1) is 12.0 Å². The molecule has 0 saturated carbocycles. The monoisotopic (exact) mass is 302 g/mol. The topological polar surface area (TPSA) is 79.9 Å². The normalized spacial score (nSPS) is 12.0. The number of carbonyl (C=O) groups excluding carboxylic acids is 1. The van der Waals surface area contributed by atoms with Crippen molar-refractivity contribution >= 4 is 23.0 Å². The van der Waals surface area contributed by atoms with Gasteiger partial charge in [0, 0.05) is 24.4 Å².